The highest BCUT2D eigenvalue weighted by atomic mass is 35.5. The topological polar surface area (TPSA) is 69.6 Å². The number of hydrogen-bond donors (Lipinski definition) is 1. The second-order valence-electron chi connectivity index (χ2n) is 2.00. The Bertz CT molecular complexity index is 355. The molecule has 0 fully saturated rings. The number of rotatable bonds is 2. The molecule has 0 radical (unpaired) electrons. The van der Waals surface area contributed by atoms with Gasteiger partial charge in [0.1, 0.15) is 27.2 Å². The van der Waals surface area contributed by atoms with Crippen molar-refractivity contribution in [2.75, 3.05) is 0 Å². The zero-order chi connectivity index (χ0) is 10.0. The van der Waals surface area contributed by atoms with Gasteiger partial charge in [-0.2, -0.15) is 0 Å². The lowest BCUT2D eigenvalue weighted by atomic mass is 10.3. The van der Waals surface area contributed by atoms with Gasteiger partial charge in [0.25, 0.3) is 0 Å². The van der Waals surface area contributed by atoms with Crippen molar-refractivity contribution in [3.8, 4) is 11.5 Å². The highest BCUT2D eigenvalue weighted by Gasteiger charge is 2.10. The summed E-state index contributed by atoms with van der Waals surface area (Å²) < 4.78 is 24.5. The minimum atomic E-state index is -2.72. The van der Waals surface area contributed by atoms with Gasteiger partial charge in [0.2, 0.25) is 0 Å². The summed E-state index contributed by atoms with van der Waals surface area (Å²) >= 11 is 8.34. The fraction of sp³-hybridized carbons (Fsp3) is 0. The monoisotopic (exact) mass is 241 g/mol. The van der Waals surface area contributed by atoms with E-state index >= 15 is 0 Å². The molecule has 1 N–H and O–H groups in total. The number of phenolic OH excluding ortho intramolecular Hbond substituents is 1. The van der Waals surface area contributed by atoms with Crippen LogP contribution in [-0.2, 0) is 11.4 Å². The number of benzene rings is 1. The van der Waals surface area contributed by atoms with Crippen LogP contribution in [0.15, 0.2) is 12.1 Å². The van der Waals surface area contributed by atoms with E-state index in [-0.39, 0.29) is 21.5 Å². The fourth-order valence-electron chi connectivity index (χ4n) is 0.659. The largest absolute Gasteiger partial charge is 0.740 e. The molecule has 13 heavy (non-hydrogen) atoms. The van der Waals surface area contributed by atoms with E-state index in [4.69, 9.17) is 28.3 Å². The van der Waals surface area contributed by atoms with Gasteiger partial charge in [0.05, 0.1) is 0 Å². The summed E-state index contributed by atoms with van der Waals surface area (Å²) in [5, 5.41) is 8.74. The first-order valence-corrected chi connectivity index (χ1v) is 4.72. The molecule has 1 unspecified atom stereocenters. The van der Waals surface area contributed by atoms with Gasteiger partial charge < -0.3 is 13.8 Å². The minimum Gasteiger partial charge on any atom is -0.740 e. The van der Waals surface area contributed by atoms with Crippen LogP contribution in [0, 0.1) is 0 Å². The van der Waals surface area contributed by atoms with Crippen molar-refractivity contribution >= 4 is 34.6 Å². The van der Waals surface area contributed by atoms with Crippen molar-refractivity contribution in [2.45, 2.75) is 0 Å². The zero-order valence-electron chi connectivity index (χ0n) is 5.99. The van der Waals surface area contributed by atoms with Crippen LogP contribution >= 0.6 is 23.2 Å². The van der Waals surface area contributed by atoms with Crippen molar-refractivity contribution in [2.24, 2.45) is 0 Å². The van der Waals surface area contributed by atoms with E-state index < -0.39 is 11.4 Å². The molecule has 1 rings (SSSR count). The van der Waals surface area contributed by atoms with Crippen LogP contribution in [0.1, 0.15) is 0 Å². The summed E-state index contributed by atoms with van der Waals surface area (Å²) in [7, 11) is 0. The number of aromatic hydroxyl groups is 1. The van der Waals surface area contributed by atoms with Gasteiger partial charge in [0.15, 0.2) is 5.75 Å². The molecule has 1 aromatic carbocycles. The molecule has 0 aromatic heterocycles. The SMILES string of the molecule is O=S([O-])Oc1ccc(O)c(Cl)c1Cl. The first-order chi connectivity index (χ1) is 6.02. The maximum atomic E-state index is 10.1. The summed E-state index contributed by atoms with van der Waals surface area (Å²) in [5.74, 6) is -0.367. The summed E-state index contributed by atoms with van der Waals surface area (Å²) in [6.45, 7) is 0. The van der Waals surface area contributed by atoms with Gasteiger partial charge >= 0.3 is 0 Å². The van der Waals surface area contributed by atoms with Crippen molar-refractivity contribution < 1.29 is 18.1 Å². The average Bonchev–Trinajstić information content (AvgIpc) is 2.06. The molecule has 0 saturated heterocycles. The standard InChI is InChI=1S/C6H4Cl2O4S/c7-5-3(9)1-2-4(6(5)8)12-13(10)11/h1-2,9H,(H,10,11)/p-1. The van der Waals surface area contributed by atoms with Crippen molar-refractivity contribution in [1.29, 1.82) is 0 Å². The number of phenols is 1. The Morgan fingerprint density at radius 3 is 2.54 bits per heavy atom. The van der Waals surface area contributed by atoms with E-state index in [1.807, 2.05) is 0 Å². The molecular weight excluding hydrogens is 239 g/mol. The van der Waals surface area contributed by atoms with Crippen molar-refractivity contribution in [1.82, 2.24) is 0 Å². The molecule has 7 heteroatoms. The average molecular weight is 242 g/mol. The van der Waals surface area contributed by atoms with E-state index in [1.54, 1.807) is 0 Å². The molecule has 0 saturated carbocycles. The van der Waals surface area contributed by atoms with Crippen LogP contribution in [-0.4, -0.2) is 13.9 Å². The Morgan fingerprint density at radius 1 is 1.38 bits per heavy atom. The third-order valence-electron chi connectivity index (χ3n) is 1.18. The first kappa shape index (κ1) is 10.6. The lowest BCUT2D eigenvalue weighted by Crippen LogP contribution is -1.98. The van der Waals surface area contributed by atoms with E-state index in [1.165, 1.54) is 12.1 Å². The lowest BCUT2D eigenvalue weighted by molar-refractivity contribution is 0.438. The smallest absolute Gasteiger partial charge is 0.159 e. The molecule has 0 heterocycles. The Hall–Kier alpha value is -0.490. The summed E-state index contributed by atoms with van der Waals surface area (Å²) in [5.41, 5.74) is 0. The van der Waals surface area contributed by atoms with E-state index in [2.05, 4.69) is 4.18 Å². The number of hydrogen-bond acceptors (Lipinski definition) is 4. The van der Waals surface area contributed by atoms with Crippen LogP contribution in [0.4, 0.5) is 0 Å². The Kier molecular flexibility index (Phi) is 3.38. The van der Waals surface area contributed by atoms with Crippen molar-refractivity contribution in [3.05, 3.63) is 22.2 Å². The third-order valence-corrected chi connectivity index (χ3v) is 2.35. The third kappa shape index (κ3) is 2.47. The highest BCUT2D eigenvalue weighted by Crippen LogP contribution is 2.38. The summed E-state index contributed by atoms with van der Waals surface area (Å²) in [6.07, 6.45) is 0. The normalized spacial score (nSPS) is 12.5. The maximum absolute atomic E-state index is 10.1. The van der Waals surface area contributed by atoms with Crippen LogP contribution in [0.2, 0.25) is 10.0 Å². The molecule has 1 aromatic rings. The molecule has 0 spiro atoms. The summed E-state index contributed by atoms with van der Waals surface area (Å²) in [4.78, 5) is 0. The van der Waals surface area contributed by atoms with E-state index in [0.29, 0.717) is 0 Å². The van der Waals surface area contributed by atoms with Gasteiger partial charge in [-0.25, -0.2) is 4.21 Å². The van der Waals surface area contributed by atoms with Gasteiger partial charge in [-0.3, -0.25) is 0 Å². The Morgan fingerprint density at radius 2 is 2.00 bits per heavy atom. The Labute approximate surface area is 86.5 Å². The molecule has 0 aliphatic heterocycles. The quantitative estimate of drug-likeness (QED) is 0.803. The summed E-state index contributed by atoms with van der Waals surface area (Å²) in [6, 6.07) is 2.37. The van der Waals surface area contributed by atoms with Crippen molar-refractivity contribution in [3.63, 3.8) is 0 Å². The van der Waals surface area contributed by atoms with Crippen LogP contribution in [0.5, 0.6) is 11.5 Å². The predicted octanol–water partition coefficient (Wildman–Crippen LogP) is 1.87. The molecular formula is C6H3Cl2O4S-. The maximum Gasteiger partial charge on any atom is 0.159 e. The van der Waals surface area contributed by atoms with Crippen LogP contribution < -0.4 is 4.18 Å². The zero-order valence-corrected chi connectivity index (χ0v) is 8.32. The van der Waals surface area contributed by atoms with Gasteiger partial charge in [0, 0.05) is 0 Å². The molecule has 72 valence electrons. The van der Waals surface area contributed by atoms with E-state index in [0.717, 1.165) is 0 Å². The van der Waals surface area contributed by atoms with Crippen LogP contribution in [0.25, 0.3) is 0 Å². The van der Waals surface area contributed by atoms with Gasteiger partial charge in [-0.1, -0.05) is 23.2 Å². The second-order valence-corrected chi connectivity index (χ2v) is 3.33. The first-order valence-electron chi connectivity index (χ1n) is 2.97. The predicted molar refractivity (Wildman–Crippen MR) is 47.7 cm³/mol. The minimum absolute atomic E-state index is 0.127. The van der Waals surface area contributed by atoms with Crippen LogP contribution in [0.3, 0.4) is 0 Å². The molecule has 0 bridgehead atoms. The molecule has 0 aliphatic rings. The van der Waals surface area contributed by atoms with Gasteiger partial charge in [-0.05, 0) is 12.1 Å². The molecule has 0 amide bonds. The van der Waals surface area contributed by atoms with Gasteiger partial charge in [-0.15, -0.1) is 0 Å². The second kappa shape index (κ2) is 4.15. The number of halogens is 2. The molecule has 4 nitrogen and oxygen atoms in total. The molecule has 1 atom stereocenters. The van der Waals surface area contributed by atoms with E-state index in [9.17, 15) is 8.76 Å². The molecule has 0 aliphatic carbocycles. The Balaban J connectivity index is 3.10. The fourth-order valence-corrected chi connectivity index (χ4v) is 1.34. The highest BCUT2D eigenvalue weighted by molar-refractivity contribution is 7.74. The lowest BCUT2D eigenvalue weighted by Gasteiger charge is -2.09.